The Labute approximate surface area is 118 Å². The molecule has 2 rings (SSSR count). The minimum absolute atomic E-state index is 0.123. The molecule has 5 nitrogen and oxygen atoms in total. The lowest BCUT2D eigenvalue weighted by Crippen LogP contribution is -2.40. The van der Waals surface area contributed by atoms with Crippen molar-refractivity contribution in [3.63, 3.8) is 0 Å². The number of carbonyl (C=O) groups excluding carboxylic acids is 1. The van der Waals surface area contributed by atoms with Gasteiger partial charge in [0.1, 0.15) is 0 Å². The zero-order valence-corrected chi connectivity index (χ0v) is 10.9. The highest BCUT2D eigenvalue weighted by atomic mass is 19.4. The zero-order chi connectivity index (χ0) is 15.6. The maximum atomic E-state index is 12.0. The van der Waals surface area contributed by atoms with Gasteiger partial charge >= 0.3 is 12.1 Å². The maximum Gasteiger partial charge on any atom is 0.401 e. The van der Waals surface area contributed by atoms with E-state index in [9.17, 15) is 22.8 Å². The van der Waals surface area contributed by atoms with E-state index in [-0.39, 0.29) is 5.56 Å². The molecule has 0 saturated carbocycles. The van der Waals surface area contributed by atoms with Crippen molar-refractivity contribution in [2.75, 3.05) is 24.5 Å². The lowest BCUT2D eigenvalue weighted by Gasteiger charge is -2.18. The molecule has 0 fully saturated rings. The normalized spacial score (nSPS) is 14.1. The molecule has 1 aromatic rings. The highest BCUT2D eigenvalue weighted by Crippen LogP contribution is 2.28. The number of amides is 1. The number of carboxylic acid groups (broad SMARTS) is 1. The Bertz CT molecular complexity index is 572. The maximum absolute atomic E-state index is 12.0. The van der Waals surface area contributed by atoms with Gasteiger partial charge in [-0.15, -0.1) is 0 Å². The van der Waals surface area contributed by atoms with Crippen molar-refractivity contribution in [3.05, 3.63) is 29.3 Å². The first-order chi connectivity index (χ1) is 9.78. The molecule has 1 aromatic carbocycles. The molecule has 114 valence electrons. The fraction of sp³-hybridized carbons (Fsp3) is 0.385. The molecule has 21 heavy (non-hydrogen) atoms. The number of nitrogens with zero attached hydrogens (tertiary/aromatic N) is 1. The van der Waals surface area contributed by atoms with Crippen molar-refractivity contribution in [3.8, 4) is 0 Å². The zero-order valence-electron chi connectivity index (χ0n) is 10.9. The highest BCUT2D eigenvalue weighted by Gasteiger charge is 2.29. The summed E-state index contributed by atoms with van der Waals surface area (Å²) in [5.74, 6) is -1.53. The minimum atomic E-state index is -4.36. The molecule has 0 spiro atoms. The standard InChI is InChI=1S/C13H13F3N2O3/c14-13(15,16)7-17-6-11(19)18-4-3-8-5-9(12(20)21)1-2-10(8)18/h1-2,5,17H,3-4,6-7H2,(H,20,21). The first-order valence-electron chi connectivity index (χ1n) is 6.22. The molecule has 1 aliphatic rings. The Morgan fingerprint density at radius 2 is 2.05 bits per heavy atom. The molecular formula is C13H13F3N2O3. The summed E-state index contributed by atoms with van der Waals surface area (Å²) in [5.41, 5.74) is 1.39. The monoisotopic (exact) mass is 302 g/mol. The van der Waals surface area contributed by atoms with Gasteiger partial charge in [0.15, 0.2) is 0 Å². The van der Waals surface area contributed by atoms with Crippen molar-refractivity contribution >= 4 is 17.6 Å². The van der Waals surface area contributed by atoms with E-state index in [0.717, 1.165) is 0 Å². The van der Waals surface area contributed by atoms with Crippen molar-refractivity contribution < 1.29 is 27.9 Å². The van der Waals surface area contributed by atoms with Crippen LogP contribution in [0.25, 0.3) is 0 Å². The van der Waals surface area contributed by atoms with Crippen LogP contribution < -0.4 is 10.2 Å². The van der Waals surface area contributed by atoms with E-state index in [0.29, 0.717) is 24.2 Å². The van der Waals surface area contributed by atoms with Crippen LogP contribution in [0.5, 0.6) is 0 Å². The molecular weight excluding hydrogens is 289 g/mol. The van der Waals surface area contributed by atoms with E-state index < -0.39 is 31.1 Å². The van der Waals surface area contributed by atoms with Gasteiger partial charge in [0, 0.05) is 12.2 Å². The first-order valence-corrected chi connectivity index (χ1v) is 6.22. The van der Waals surface area contributed by atoms with Gasteiger partial charge in [0.05, 0.1) is 18.7 Å². The summed E-state index contributed by atoms with van der Waals surface area (Å²) in [7, 11) is 0. The molecule has 0 aromatic heterocycles. The second kappa shape index (κ2) is 5.72. The number of carboxylic acids is 1. The van der Waals surface area contributed by atoms with Crippen LogP contribution in [0.15, 0.2) is 18.2 Å². The Morgan fingerprint density at radius 3 is 2.67 bits per heavy atom. The Morgan fingerprint density at radius 1 is 1.33 bits per heavy atom. The third-order valence-electron chi connectivity index (χ3n) is 3.12. The summed E-state index contributed by atoms with van der Waals surface area (Å²) in [6.45, 7) is -1.30. The number of carbonyl (C=O) groups is 2. The average molecular weight is 302 g/mol. The topological polar surface area (TPSA) is 69.6 Å². The third-order valence-corrected chi connectivity index (χ3v) is 3.12. The predicted molar refractivity (Wildman–Crippen MR) is 68.4 cm³/mol. The van der Waals surface area contributed by atoms with Crippen LogP contribution in [0.4, 0.5) is 18.9 Å². The summed E-state index contributed by atoms with van der Waals surface area (Å²) < 4.78 is 36.0. The number of hydrogen-bond acceptors (Lipinski definition) is 3. The number of rotatable bonds is 4. The number of halogens is 3. The van der Waals surface area contributed by atoms with Crippen molar-refractivity contribution in [1.82, 2.24) is 5.32 Å². The SMILES string of the molecule is O=C(O)c1ccc2c(c1)CCN2C(=O)CNCC(F)(F)F. The van der Waals surface area contributed by atoms with Crippen molar-refractivity contribution in [1.29, 1.82) is 0 Å². The van der Waals surface area contributed by atoms with E-state index in [1.54, 1.807) is 0 Å². The largest absolute Gasteiger partial charge is 0.478 e. The van der Waals surface area contributed by atoms with Crippen LogP contribution in [0.2, 0.25) is 0 Å². The van der Waals surface area contributed by atoms with E-state index in [1.807, 2.05) is 0 Å². The molecule has 0 unspecified atom stereocenters. The lowest BCUT2D eigenvalue weighted by atomic mass is 10.1. The Hall–Kier alpha value is -2.09. The molecule has 0 aliphatic carbocycles. The molecule has 2 N–H and O–H groups in total. The fourth-order valence-corrected chi connectivity index (χ4v) is 2.20. The second-order valence-corrected chi connectivity index (χ2v) is 4.66. The van der Waals surface area contributed by atoms with Gasteiger partial charge in [-0.05, 0) is 30.2 Å². The number of hydrogen-bond donors (Lipinski definition) is 2. The lowest BCUT2D eigenvalue weighted by molar-refractivity contribution is -0.127. The number of nitrogens with one attached hydrogen (secondary N) is 1. The highest BCUT2D eigenvalue weighted by molar-refractivity contribution is 5.98. The van der Waals surface area contributed by atoms with E-state index in [1.165, 1.54) is 23.1 Å². The van der Waals surface area contributed by atoms with Crippen LogP contribution >= 0.6 is 0 Å². The predicted octanol–water partition coefficient (Wildman–Crippen LogP) is 1.43. The van der Waals surface area contributed by atoms with Crippen LogP contribution in [-0.4, -0.2) is 42.8 Å². The van der Waals surface area contributed by atoms with Crippen molar-refractivity contribution in [2.24, 2.45) is 0 Å². The summed E-state index contributed by atoms with van der Waals surface area (Å²) in [6.07, 6.45) is -3.87. The van der Waals surface area contributed by atoms with E-state index >= 15 is 0 Å². The molecule has 1 amide bonds. The minimum Gasteiger partial charge on any atom is -0.478 e. The van der Waals surface area contributed by atoms with Crippen LogP contribution in [0.1, 0.15) is 15.9 Å². The van der Waals surface area contributed by atoms with Crippen molar-refractivity contribution in [2.45, 2.75) is 12.6 Å². The summed E-state index contributed by atoms with van der Waals surface area (Å²) in [4.78, 5) is 24.1. The van der Waals surface area contributed by atoms with Gasteiger partial charge in [-0.3, -0.25) is 4.79 Å². The quantitative estimate of drug-likeness (QED) is 0.882. The van der Waals surface area contributed by atoms with Crippen LogP contribution in [-0.2, 0) is 11.2 Å². The third kappa shape index (κ3) is 3.72. The summed E-state index contributed by atoms with van der Waals surface area (Å²) in [6, 6.07) is 4.36. The summed E-state index contributed by atoms with van der Waals surface area (Å²) in [5, 5.41) is 10.9. The van der Waals surface area contributed by atoms with Gasteiger partial charge in [-0.25, -0.2) is 4.79 Å². The Kier molecular flexibility index (Phi) is 4.17. The molecule has 0 saturated heterocycles. The molecule has 8 heteroatoms. The molecule has 1 aliphatic heterocycles. The van der Waals surface area contributed by atoms with Gasteiger partial charge in [-0.1, -0.05) is 0 Å². The van der Waals surface area contributed by atoms with Gasteiger partial charge in [0.2, 0.25) is 5.91 Å². The van der Waals surface area contributed by atoms with Crippen LogP contribution in [0.3, 0.4) is 0 Å². The smallest absolute Gasteiger partial charge is 0.401 e. The summed E-state index contributed by atoms with van der Waals surface area (Å²) >= 11 is 0. The number of aromatic carboxylic acids is 1. The molecule has 0 atom stereocenters. The first kappa shape index (κ1) is 15.3. The van der Waals surface area contributed by atoms with Crippen LogP contribution in [0, 0.1) is 0 Å². The number of alkyl halides is 3. The van der Waals surface area contributed by atoms with Gasteiger partial charge < -0.3 is 15.3 Å². The molecule has 0 radical (unpaired) electrons. The fourth-order valence-electron chi connectivity index (χ4n) is 2.20. The number of anilines is 1. The van der Waals surface area contributed by atoms with E-state index in [2.05, 4.69) is 5.32 Å². The average Bonchev–Trinajstić information content (AvgIpc) is 2.79. The molecule has 1 heterocycles. The Balaban J connectivity index is 2.02. The van der Waals surface area contributed by atoms with Gasteiger partial charge in [-0.2, -0.15) is 13.2 Å². The molecule has 0 bridgehead atoms. The number of benzene rings is 1. The van der Waals surface area contributed by atoms with Gasteiger partial charge in [0.25, 0.3) is 0 Å². The number of fused-ring (bicyclic) bond motifs is 1. The van der Waals surface area contributed by atoms with E-state index in [4.69, 9.17) is 5.11 Å². The second-order valence-electron chi connectivity index (χ2n) is 4.66.